The fourth-order valence-electron chi connectivity index (χ4n) is 1.42. The molecular weight excluding hydrogens is 188 g/mol. The summed E-state index contributed by atoms with van der Waals surface area (Å²) in [7, 11) is 0. The van der Waals surface area contributed by atoms with Gasteiger partial charge in [-0.05, 0) is 24.8 Å². The molecule has 3 heteroatoms. The maximum Gasteiger partial charge on any atom is 0.220 e. The van der Waals surface area contributed by atoms with Crippen molar-refractivity contribution in [3.8, 4) is 0 Å². The molecule has 0 aromatic carbocycles. The molecule has 0 aromatic rings. The van der Waals surface area contributed by atoms with Gasteiger partial charge in [-0.25, -0.2) is 0 Å². The van der Waals surface area contributed by atoms with Gasteiger partial charge in [-0.3, -0.25) is 4.79 Å². The molecule has 90 valence electrons. The Morgan fingerprint density at radius 2 is 1.93 bits per heavy atom. The predicted octanol–water partition coefficient (Wildman–Crippen LogP) is 1.91. The van der Waals surface area contributed by atoms with Crippen molar-refractivity contribution in [3.63, 3.8) is 0 Å². The van der Waals surface area contributed by atoms with Crippen LogP contribution in [0, 0.1) is 11.8 Å². The van der Waals surface area contributed by atoms with Crippen LogP contribution in [0.3, 0.4) is 0 Å². The van der Waals surface area contributed by atoms with E-state index in [4.69, 9.17) is 5.73 Å². The Kier molecular flexibility index (Phi) is 8.38. The van der Waals surface area contributed by atoms with E-state index in [0.717, 1.165) is 25.8 Å². The maximum absolute atomic E-state index is 11.4. The molecule has 3 nitrogen and oxygen atoms in total. The van der Waals surface area contributed by atoms with E-state index in [9.17, 15) is 4.79 Å². The number of amides is 1. The Balaban J connectivity index is 3.56. The van der Waals surface area contributed by atoms with Crippen LogP contribution in [0.25, 0.3) is 0 Å². The molecule has 0 aliphatic carbocycles. The van der Waals surface area contributed by atoms with E-state index in [1.165, 1.54) is 0 Å². The lowest BCUT2D eigenvalue weighted by Crippen LogP contribution is -2.29. The second-order valence-corrected chi connectivity index (χ2v) is 4.37. The van der Waals surface area contributed by atoms with Crippen molar-refractivity contribution in [1.29, 1.82) is 0 Å². The molecule has 1 atom stereocenters. The lowest BCUT2D eigenvalue weighted by molar-refractivity contribution is -0.121. The molecule has 1 amide bonds. The van der Waals surface area contributed by atoms with E-state index in [1.54, 1.807) is 0 Å². The van der Waals surface area contributed by atoms with Gasteiger partial charge < -0.3 is 11.1 Å². The van der Waals surface area contributed by atoms with E-state index in [0.29, 0.717) is 24.8 Å². The number of hydrogen-bond acceptors (Lipinski definition) is 2. The molecule has 3 N–H and O–H groups in total. The number of carbonyl (C=O) groups excluding carboxylic acids is 1. The van der Waals surface area contributed by atoms with Crippen LogP contribution in [0.2, 0.25) is 0 Å². The lowest BCUT2D eigenvalue weighted by Gasteiger charge is -2.14. The van der Waals surface area contributed by atoms with Gasteiger partial charge in [0.2, 0.25) is 5.91 Å². The molecule has 0 aliphatic heterocycles. The first-order valence-corrected chi connectivity index (χ1v) is 6.10. The van der Waals surface area contributed by atoms with Crippen LogP contribution >= 0.6 is 0 Å². The summed E-state index contributed by atoms with van der Waals surface area (Å²) in [6.07, 6.45) is 3.77. The summed E-state index contributed by atoms with van der Waals surface area (Å²) < 4.78 is 0. The van der Waals surface area contributed by atoms with Crippen LogP contribution in [0.1, 0.15) is 46.5 Å². The summed E-state index contributed by atoms with van der Waals surface area (Å²) >= 11 is 0. The van der Waals surface area contributed by atoms with E-state index in [1.807, 2.05) is 0 Å². The first kappa shape index (κ1) is 14.4. The molecule has 0 fully saturated rings. The van der Waals surface area contributed by atoms with Gasteiger partial charge >= 0.3 is 0 Å². The van der Waals surface area contributed by atoms with Crippen LogP contribution in [0.5, 0.6) is 0 Å². The van der Waals surface area contributed by atoms with E-state index in [-0.39, 0.29) is 5.91 Å². The molecule has 0 saturated heterocycles. The summed E-state index contributed by atoms with van der Waals surface area (Å²) in [4.78, 5) is 11.4. The fraction of sp³-hybridized carbons (Fsp3) is 0.917. The first-order chi connectivity index (χ1) is 7.13. The van der Waals surface area contributed by atoms with Crippen LogP contribution in [0.15, 0.2) is 0 Å². The van der Waals surface area contributed by atoms with E-state index >= 15 is 0 Å². The van der Waals surface area contributed by atoms with Gasteiger partial charge in [0.05, 0.1) is 0 Å². The van der Waals surface area contributed by atoms with Crippen LogP contribution in [-0.2, 0) is 4.79 Å². The highest BCUT2D eigenvalue weighted by atomic mass is 16.1. The van der Waals surface area contributed by atoms with Gasteiger partial charge in [0.15, 0.2) is 0 Å². The average Bonchev–Trinajstić information content (AvgIpc) is 2.27. The lowest BCUT2D eigenvalue weighted by atomic mass is 10.0. The molecule has 0 bridgehead atoms. The highest BCUT2D eigenvalue weighted by Crippen LogP contribution is 2.06. The maximum atomic E-state index is 11.4. The molecule has 0 radical (unpaired) electrons. The van der Waals surface area contributed by atoms with Crippen molar-refractivity contribution >= 4 is 5.91 Å². The molecule has 0 aromatic heterocycles. The minimum absolute atomic E-state index is 0.169. The summed E-state index contributed by atoms with van der Waals surface area (Å²) in [5, 5.41) is 2.98. The van der Waals surface area contributed by atoms with Crippen molar-refractivity contribution in [2.24, 2.45) is 17.6 Å². The average molecular weight is 214 g/mol. The van der Waals surface area contributed by atoms with Crippen LogP contribution < -0.4 is 11.1 Å². The normalized spacial score (nSPS) is 12.9. The second-order valence-electron chi connectivity index (χ2n) is 4.37. The Bertz CT molecular complexity index is 167. The first-order valence-electron chi connectivity index (χ1n) is 6.10. The summed E-state index contributed by atoms with van der Waals surface area (Å²) in [6.45, 7) is 7.89. The zero-order valence-electron chi connectivity index (χ0n) is 10.4. The molecular formula is C12H26N2O. The minimum atomic E-state index is 0.169. The Hall–Kier alpha value is -0.570. The third-order valence-corrected chi connectivity index (χ3v) is 3.01. The molecule has 0 spiro atoms. The fourth-order valence-corrected chi connectivity index (χ4v) is 1.42. The van der Waals surface area contributed by atoms with Crippen molar-refractivity contribution < 1.29 is 4.79 Å². The third kappa shape index (κ3) is 7.37. The Morgan fingerprint density at radius 3 is 2.40 bits per heavy atom. The van der Waals surface area contributed by atoms with Gasteiger partial charge in [-0.2, -0.15) is 0 Å². The SMILES string of the molecule is CCC(CC)CNC(=O)CCC(C)CN. The molecule has 1 unspecified atom stereocenters. The molecule has 0 heterocycles. The number of rotatable bonds is 8. The van der Waals surface area contributed by atoms with Gasteiger partial charge in [-0.15, -0.1) is 0 Å². The number of nitrogens with two attached hydrogens (primary N) is 1. The van der Waals surface area contributed by atoms with Crippen molar-refractivity contribution in [3.05, 3.63) is 0 Å². The van der Waals surface area contributed by atoms with Crippen LogP contribution in [0.4, 0.5) is 0 Å². The standard InChI is InChI=1S/C12H26N2O/c1-4-11(5-2)9-14-12(15)7-6-10(3)8-13/h10-11H,4-9,13H2,1-3H3,(H,14,15). The Morgan fingerprint density at radius 1 is 1.33 bits per heavy atom. The summed E-state index contributed by atoms with van der Waals surface area (Å²) in [5.74, 6) is 1.24. The predicted molar refractivity (Wildman–Crippen MR) is 64.5 cm³/mol. The van der Waals surface area contributed by atoms with Gasteiger partial charge in [-0.1, -0.05) is 33.6 Å². The van der Waals surface area contributed by atoms with E-state index in [2.05, 4.69) is 26.1 Å². The van der Waals surface area contributed by atoms with Crippen molar-refractivity contribution in [2.45, 2.75) is 46.5 Å². The van der Waals surface area contributed by atoms with Crippen LogP contribution in [-0.4, -0.2) is 19.0 Å². The Labute approximate surface area is 93.8 Å². The van der Waals surface area contributed by atoms with Gasteiger partial charge in [0.1, 0.15) is 0 Å². The highest BCUT2D eigenvalue weighted by molar-refractivity contribution is 5.75. The molecule has 0 saturated carbocycles. The minimum Gasteiger partial charge on any atom is -0.356 e. The largest absolute Gasteiger partial charge is 0.356 e. The second kappa shape index (κ2) is 8.72. The highest BCUT2D eigenvalue weighted by Gasteiger charge is 2.07. The zero-order chi connectivity index (χ0) is 11.7. The third-order valence-electron chi connectivity index (χ3n) is 3.01. The number of nitrogens with one attached hydrogen (secondary N) is 1. The van der Waals surface area contributed by atoms with Gasteiger partial charge in [0, 0.05) is 13.0 Å². The molecule has 0 rings (SSSR count). The quantitative estimate of drug-likeness (QED) is 0.648. The molecule has 15 heavy (non-hydrogen) atoms. The van der Waals surface area contributed by atoms with E-state index < -0.39 is 0 Å². The van der Waals surface area contributed by atoms with Gasteiger partial charge in [0.25, 0.3) is 0 Å². The number of carbonyl (C=O) groups is 1. The van der Waals surface area contributed by atoms with Crippen molar-refractivity contribution in [2.75, 3.05) is 13.1 Å². The smallest absolute Gasteiger partial charge is 0.220 e. The number of hydrogen-bond donors (Lipinski definition) is 2. The summed E-state index contributed by atoms with van der Waals surface area (Å²) in [6, 6.07) is 0. The topological polar surface area (TPSA) is 55.1 Å². The monoisotopic (exact) mass is 214 g/mol. The van der Waals surface area contributed by atoms with Crippen molar-refractivity contribution in [1.82, 2.24) is 5.32 Å². The summed E-state index contributed by atoms with van der Waals surface area (Å²) in [5.41, 5.74) is 5.49. The molecule has 0 aliphatic rings. The zero-order valence-corrected chi connectivity index (χ0v) is 10.4.